The molecule has 1 aromatic heterocycles. The van der Waals surface area contributed by atoms with Crippen molar-refractivity contribution in [3.8, 4) is 0 Å². The molecule has 34 heavy (non-hydrogen) atoms. The minimum Gasteiger partial charge on any atom is -0.465 e. The predicted octanol–water partition coefficient (Wildman–Crippen LogP) is 4.03. The second kappa shape index (κ2) is 9.16. The Balaban J connectivity index is 1.63. The average molecular weight is 559 g/mol. The van der Waals surface area contributed by atoms with Crippen LogP contribution in [0.3, 0.4) is 0 Å². The van der Waals surface area contributed by atoms with Crippen molar-refractivity contribution in [3.05, 3.63) is 79.2 Å². The lowest BCUT2D eigenvalue weighted by molar-refractivity contribution is -0.144. The quantitative estimate of drug-likeness (QED) is 0.347. The molecule has 2 aliphatic heterocycles. The number of amides is 2. The molecule has 3 unspecified atom stereocenters. The monoisotopic (exact) mass is 558 g/mol. The highest BCUT2D eigenvalue weighted by Gasteiger charge is 2.56. The molecule has 0 aliphatic carbocycles. The van der Waals surface area contributed by atoms with Crippen molar-refractivity contribution in [2.24, 2.45) is 5.92 Å². The number of hydrogen-bond donors (Lipinski definition) is 0. The van der Waals surface area contributed by atoms with Crippen molar-refractivity contribution in [1.29, 1.82) is 0 Å². The maximum absolute atomic E-state index is 13.7. The Morgan fingerprint density at radius 3 is 2.41 bits per heavy atom. The number of ether oxygens (including phenoxy) is 1. The number of fused-ring (bicyclic) bond motifs is 2. The van der Waals surface area contributed by atoms with E-state index in [9.17, 15) is 19.2 Å². The van der Waals surface area contributed by atoms with Crippen molar-refractivity contribution in [2.45, 2.75) is 29.7 Å². The van der Waals surface area contributed by atoms with Crippen molar-refractivity contribution in [1.82, 2.24) is 4.57 Å². The minimum atomic E-state index is -0.712. The second-order valence-corrected chi connectivity index (χ2v) is 10.9. The van der Waals surface area contributed by atoms with Gasteiger partial charge in [-0.2, -0.15) is 0 Å². The first-order valence-corrected chi connectivity index (χ1v) is 13.1. The number of rotatable bonds is 5. The average Bonchev–Trinajstić information content (AvgIpc) is 3.27. The van der Waals surface area contributed by atoms with Gasteiger partial charge in [-0.15, -0.1) is 0 Å². The second-order valence-electron chi connectivity index (χ2n) is 7.87. The fourth-order valence-corrected chi connectivity index (χ4v) is 7.49. The summed E-state index contributed by atoms with van der Waals surface area (Å²) in [5, 5.41) is -0.159. The van der Waals surface area contributed by atoms with E-state index in [0.717, 1.165) is 21.4 Å². The third-order valence-electron chi connectivity index (χ3n) is 5.89. The van der Waals surface area contributed by atoms with Gasteiger partial charge < -0.3 is 4.74 Å². The van der Waals surface area contributed by atoms with E-state index >= 15 is 0 Å². The van der Waals surface area contributed by atoms with Gasteiger partial charge in [0, 0.05) is 15.3 Å². The predicted molar refractivity (Wildman–Crippen MR) is 133 cm³/mol. The lowest BCUT2D eigenvalue weighted by Crippen LogP contribution is -2.32. The maximum Gasteiger partial charge on any atom is 0.326 e. The van der Waals surface area contributed by atoms with Crippen molar-refractivity contribution in [3.63, 3.8) is 0 Å². The van der Waals surface area contributed by atoms with Crippen LogP contribution in [-0.4, -0.2) is 34.2 Å². The first kappa shape index (κ1) is 23.1. The molecule has 3 aromatic rings. The molecule has 0 N–H and O–H groups in total. The summed E-state index contributed by atoms with van der Waals surface area (Å²) in [5.41, 5.74) is 1.36. The summed E-state index contributed by atoms with van der Waals surface area (Å²) in [6.45, 7) is 1.68. The van der Waals surface area contributed by atoms with Crippen LogP contribution in [0.15, 0.2) is 68.9 Å². The number of benzene rings is 2. The number of thiazole rings is 1. The number of carbonyl (C=O) groups excluding carboxylic acids is 3. The lowest BCUT2D eigenvalue weighted by atomic mass is 9.83. The molecule has 3 atom stereocenters. The van der Waals surface area contributed by atoms with Gasteiger partial charge in [0.25, 0.3) is 0 Å². The van der Waals surface area contributed by atoms with E-state index in [2.05, 4.69) is 15.9 Å². The van der Waals surface area contributed by atoms with Crippen LogP contribution in [0.2, 0.25) is 0 Å². The molecule has 5 rings (SSSR count). The highest BCUT2D eigenvalue weighted by molar-refractivity contribution is 9.10. The highest BCUT2D eigenvalue weighted by Crippen LogP contribution is 2.53. The van der Waals surface area contributed by atoms with Gasteiger partial charge in [0.2, 0.25) is 11.8 Å². The van der Waals surface area contributed by atoms with Gasteiger partial charge in [-0.1, -0.05) is 69.4 Å². The van der Waals surface area contributed by atoms with E-state index in [1.165, 1.54) is 21.2 Å². The fourth-order valence-electron chi connectivity index (χ4n) is 4.46. The Labute approximate surface area is 211 Å². The third kappa shape index (κ3) is 3.83. The van der Waals surface area contributed by atoms with Crippen LogP contribution in [0.5, 0.6) is 0 Å². The van der Waals surface area contributed by atoms with E-state index < -0.39 is 23.1 Å². The summed E-state index contributed by atoms with van der Waals surface area (Å²) in [6.07, 6.45) is 0. The maximum atomic E-state index is 13.7. The molecule has 0 saturated carbocycles. The number of imide groups is 1. The van der Waals surface area contributed by atoms with Gasteiger partial charge in [-0.05, 0) is 36.8 Å². The van der Waals surface area contributed by atoms with Gasteiger partial charge in [-0.25, -0.2) is 4.90 Å². The molecule has 1 saturated heterocycles. The molecule has 0 spiro atoms. The standard InChI is InChI=1S/C24H19BrN2O5S2/c1-2-32-16(28)12-26-23-20(34-24(26)31)17(13-6-4-3-5-7-13)18-19(33-23)22(30)27(21(18)29)15-10-8-14(25)9-11-15/h3-11,17-19H,2,12H2,1H3. The first-order chi connectivity index (χ1) is 16.4. The number of halogens is 1. The highest BCUT2D eigenvalue weighted by atomic mass is 79.9. The molecular formula is C24H19BrN2O5S2. The van der Waals surface area contributed by atoms with E-state index in [4.69, 9.17) is 4.74 Å². The number of nitrogens with zero attached hydrogens (tertiary/aromatic N) is 2. The number of aromatic nitrogens is 1. The molecule has 2 aromatic carbocycles. The van der Waals surface area contributed by atoms with Gasteiger partial charge in [-0.3, -0.25) is 23.7 Å². The summed E-state index contributed by atoms with van der Waals surface area (Å²) < 4.78 is 7.26. The van der Waals surface area contributed by atoms with Crippen LogP contribution in [0.25, 0.3) is 0 Å². The Kier molecular flexibility index (Phi) is 6.22. The Morgan fingerprint density at radius 1 is 1.03 bits per heavy atom. The van der Waals surface area contributed by atoms with Crippen LogP contribution in [0, 0.1) is 5.92 Å². The van der Waals surface area contributed by atoms with Crippen LogP contribution in [-0.2, 0) is 25.7 Å². The number of esters is 1. The zero-order chi connectivity index (χ0) is 24.0. The zero-order valence-corrected chi connectivity index (χ0v) is 21.2. The normalized spacial score (nSPS) is 21.4. The molecule has 1 fully saturated rings. The number of carbonyl (C=O) groups is 3. The number of hydrogen-bond acceptors (Lipinski definition) is 7. The summed E-state index contributed by atoms with van der Waals surface area (Å²) >= 11 is 5.60. The molecule has 0 radical (unpaired) electrons. The fraction of sp³-hybridized carbons (Fsp3) is 0.250. The lowest BCUT2D eigenvalue weighted by Gasteiger charge is -2.30. The van der Waals surface area contributed by atoms with E-state index in [0.29, 0.717) is 15.6 Å². The molecule has 0 bridgehead atoms. The Bertz CT molecular complexity index is 1340. The molecule has 2 amide bonds. The van der Waals surface area contributed by atoms with Crippen molar-refractivity contribution < 1.29 is 19.1 Å². The van der Waals surface area contributed by atoms with Crippen LogP contribution >= 0.6 is 39.0 Å². The molecule has 2 aliphatic rings. The molecule has 7 nitrogen and oxygen atoms in total. The summed E-state index contributed by atoms with van der Waals surface area (Å²) in [6, 6.07) is 16.5. The number of anilines is 1. The van der Waals surface area contributed by atoms with Crippen LogP contribution in [0.1, 0.15) is 23.3 Å². The molecule has 3 heterocycles. The molecule has 174 valence electrons. The van der Waals surface area contributed by atoms with Gasteiger partial charge in [0.05, 0.1) is 23.2 Å². The van der Waals surface area contributed by atoms with E-state index in [1.54, 1.807) is 31.2 Å². The largest absolute Gasteiger partial charge is 0.465 e. The van der Waals surface area contributed by atoms with Gasteiger partial charge in [0.1, 0.15) is 11.8 Å². The van der Waals surface area contributed by atoms with Gasteiger partial charge >= 0.3 is 10.8 Å². The van der Waals surface area contributed by atoms with E-state index in [1.807, 2.05) is 30.3 Å². The zero-order valence-electron chi connectivity index (χ0n) is 18.0. The summed E-state index contributed by atoms with van der Waals surface area (Å²) in [7, 11) is 0. The topological polar surface area (TPSA) is 85.7 Å². The number of thioether (sulfide) groups is 1. The van der Waals surface area contributed by atoms with Crippen LogP contribution in [0.4, 0.5) is 5.69 Å². The van der Waals surface area contributed by atoms with Gasteiger partial charge in [0.15, 0.2) is 0 Å². The summed E-state index contributed by atoms with van der Waals surface area (Å²) in [4.78, 5) is 54.0. The minimum absolute atomic E-state index is 0.208. The van der Waals surface area contributed by atoms with Crippen molar-refractivity contribution >= 4 is 62.5 Å². The van der Waals surface area contributed by atoms with Crippen LogP contribution < -0.4 is 9.77 Å². The SMILES string of the molecule is CCOC(=O)Cn1c2c(sc1=O)C(c1ccccc1)C1C(=O)N(c3ccc(Br)cc3)C(=O)C1S2. The summed E-state index contributed by atoms with van der Waals surface area (Å²) in [5.74, 6) is -2.27. The molecule has 10 heteroatoms. The Hall–Kier alpha value is -2.69. The third-order valence-corrected chi connectivity index (χ3v) is 9.02. The van der Waals surface area contributed by atoms with E-state index in [-0.39, 0.29) is 29.8 Å². The smallest absolute Gasteiger partial charge is 0.326 e. The molecular weight excluding hydrogens is 540 g/mol. The Morgan fingerprint density at radius 2 is 1.74 bits per heavy atom. The van der Waals surface area contributed by atoms with Crippen molar-refractivity contribution in [2.75, 3.05) is 11.5 Å². The first-order valence-electron chi connectivity index (χ1n) is 10.6.